The fourth-order valence-corrected chi connectivity index (χ4v) is 12.3. The van der Waals surface area contributed by atoms with Gasteiger partial charge in [-0.1, -0.05) is 372 Å². The van der Waals surface area contributed by atoms with Crippen molar-refractivity contribution >= 4 is 11.9 Å². The second-order valence-corrected chi connectivity index (χ2v) is 26.7. The SMILES string of the molecule is CCCCCCCCC/C=C\CCCCCCCCCC(=O)OCCCCCCCCCCCCCCCC/C=C\CCCCCCCCCCCCCCCCCCCC(=O)NC(CO)C(O)CCCCCCCCCCCCCCCC. The van der Waals surface area contributed by atoms with E-state index in [4.69, 9.17) is 4.74 Å². The second-order valence-electron chi connectivity index (χ2n) is 26.7. The van der Waals surface area contributed by atoms with Crippen LogP contribution in [0.2, 0.25) is 0 Å². The Morgan fingerprint density at radius 1 is 0.321 bits per heavy atom. The molecule has 0 spiro atoms. The predicted octanol–water partition coefficient (Wildman–Crippen LogP) is 25.3. The van der Waals surface area contributed by atoms with Crippen molar-refractivity contribution in [1.82, 2.24) is 5.32 Å². The lowest BCUT2D eigenvalue weighted by Gasteiger charge is -2.22. The summed E-state index contributed by atoms with van der Waals surface area (Å²) in [5.41, 5.74) is 0. The second kappa shape index (κ2) is 73.8. The summed E-state index contributed by atoms with van der Waals surface area (Å²) in [7, 11) is 0. The number of amides is 1. The summed E-state index contributed by atoms with van der Waals surface area (Å²) in [6.07, 6.45) is 94.1. The molecule has 0 aliphatic carbocycles. The van der Waals surface area contributed by atoms with Crippen LogP contribution < -0.4 is 5.32 Å². The Balaban J connectivity index is 3.32. The molecule has 498 valence electrons. The van der Waals surface area contributed by atoms with E-state index in [1.807, 2.05) is 0 Å². The first-order valence-corrected chi connectivity index (χ1v) is 38.6. The highest BCUT2D eigenvalue weighted by Gasteiger charge is 2.20. The molecule has 0 aliphatic heterocycles. The molecule has 0 rings (SSSR count). The minimum absolute atomic E-state index is 0.0182. The van der Waals surface area contributed by atoms with Crippen LogP contribution in [0.4, 0.5) is 0 Å². The molecular weight excluding hydrogens is 1030 g/mol. The Hall–Kier alpha value is -1.66. The number of hydrogen-bond donors (Lipinski definition) is 3. The Morgan fingerprint density at radius 3 is 0.845 bits per heavy atom. The van der Waals surface area contributed by atoms with Crippen LogP contribution in [0.15, 0.2) is 24.3 Å². The van der Waals surface area contributed by atoms with Crippen molar-refractivity contribution in [3.05, 3.63) is 24.3 Å². The van der Waals surface area contributed by atoms with Crippen LogP contribution >= 0.6 is 0 Å². The van der Waals surface area contributed by atoms with Gasteiger partial charge in [0.2, 0.25) is 5.91 Å². The smallest absolute Gasteiger partial charge is 0.305 e. The number of unbranched alkanes of at least 4 members (excludes halogenated alkanes) is 58. The minimum Gasteiger partial charge on any atom is -0.466 e. The average molecular weight is 1180 g/mol. The van der Waals surface area contributed by atoms with E-state index in [0.29, 0.717) is 25.9 Å². The zero-order chi connectivity index (χ0) is 60.6. The van der Waals surface area contributed by atoms with E-state index in [2.05, 4.69) is 43.5 Å². The van der Waals surface area contributed by atoms with Crippen LogP contribution in [-0.4, -0.2) is 47.4 Å². The molecule has 0 heterocycles. The number of hydrogen-bond acceptors (Lipinski definition) is 5. The van der Waals surface area contributed by atoms with Gasteiger partial charge in [0.15, 0.2) is 0 Å². The molecule has 0 bridgehead atoms. The highest BCUT2D eigenvalue weighted by Crippen LogP contribution is 2.19. The molecule has 0 saturated heterocycles. The first-order chi connectivity index (χ1) is 41.5. The molecule has 84 heavy (non-hydrogen) atoms. The number of nitrogens with one attached hydrogen (secondary N) is 1. The van der Waals surface area contributed by atoms with Gasteiger partial charge in [0.1, 0.15) is 0 Å². The van der Waals surface area contributed by atoms with Gasteiger partial charge in [0.05, 0.1) is 25.4 Å². The van der Waals surface area contributed by atoms with Gasteiger partial charge in [-0.3, -0.25) is 9.59 Å². The van der Waals surface area contributed by atoms with Crippen LogP contribution in [-0.2, 0) is 14.3 Å². The summed E-state index contributed by atoms with van der Waals surface area (Å²) in [5, 5.41) is 23.3. The van der Waals surface area contributed by atoms with Gasteiger partial charge in [0, 0.05) is 12.8 Å². The van der Waals surface area contributed by atoms with Gasteiger partial charge in [-0.05, 0) is 77.0 Å². The maximum absolute atomic E-state index is 12.5. The van der Waals surface area contributed by atoms with Crippen LogP contribution in [0.3, 0.4) is 0 Å². The molecule has 2 unspecified atom stereocenters. The Bertz CT molecular complexity index is 1320. The highest BCUT2D eigenvalue weighted by atomic mass is 16.5. The number of carbonyl (C=O) groups excluding carboxylic acids is 2. The number of aliphatic hydroxyl groups excluding tert-OH is 2. The summed E-state index contributed by atoms with van der Waals surface area (Å²) in [4.78, 5) is 24.6. The number of allylic oxidation sites excluding steroid dienone is 4. The van der Waals surface area contributed by atoms with Crippen molar-refractivity contribution < 1.29 is 24.5 Å². The molecule has 0 radical (unpaired) electrons. The molecule has 0 saturated carbocycles. The van der Waals surface area contributed by atoms with Crippen LogP contribution in [0, 0.1) is 0 Å². The molecular formula is C78H151NO5. The highest BCUT2D eigenvalue weighted by molar-refractivity contribution is 5.76. The molecule has 1 amide bonds. The standard InChI is InChI=1S/C78H151NO5/c1-3-5-7-9-11-13-15-17-19-20-41-44-48-52-56-60-64-68-72-78(83)84-73-69-65-61-57-53-49-45-42-39-37-35-33-31-29-27-25-23-21-22-24-26-28-30-32-34-36-38-40-43-47-51-55-59-63-67-71-77(82)79-75(74-80)76(81)70-66-62-58-54-50-46-18-16-14-12-10-8-6-4-2/h19-20,23,25,75-76,80-81H,3-18,21-22,24,26-74H2,1-2H3,(H,79,82)/b20-19-,25-23-. The number of ether oxygens (including phenoxy) is 1. The first-order valence-electron chi connectivity index (χ1n) is 38.6. The van der Waals surface area contributed by atoms with Gasteiger partial charge in [-0.25, -0.2) is 0 Å². The van der Waals surface area contributed by atoms with E-state index >= 15 is 0 Å². The maximum Gasteiger partial charge on any atom is 0.305 e. The van der Waals surface area contributed by atoms with Crippen LogP contribution in [0.5, 0.6) is 0 Å². The molecule has 6 nitrogen and oxygen atoms in total. The Morgan fingerprint density at radius 2 is 0.560 bits per heavy atom. The van der Waals surface area contributed by atoms with Gasteiger partial charge in [0.25, 0.3) is 0 Å². The van der Waals surface area contributed by atoms with E-state index in [1.54, 1.807) is 0 Å². The third-order valence-corrected chi connectivity index (χ3v) is 18.2. The first kappa shape index (κ1) is 82.3. The van der Waals surface area contributed by atoms with Gasteiger partial charge in [-0.2, -0.15) is 0 Å². The molecule has 0 aromatic rings. The van der Waals surface area contributed by atoms with Crippen molar-refractivity contribution in [3.63, 3.8) is 0 Å². The maximum atomic E-state index is 12.5. The molecule has 0 aliphatic rings. The normalized spacial score (nSPS) is 12.6. The lowest BCUT2D eigenvalue weighted by atomic mass is 10.0. The molecule has 6 heteroatoms. The summed E-state index contributed by atoms with van der Waals surface area (Å²) >= 11 is 0. The summed E-state index contributed by atoms with van der Waals surface area (Å²) in [6.45, 7) is 4.99. The third kappa shape index (κ3) is 69.4. The number of esters is 1. The van der Waals surface area contributed by atoms with E-state index < -0.39 is 12.1 Å². The topological polar surface area (TPSA) is 95.9 Å². The molecule has 0 fully saturated rings. The fraction of sp³-hybridized carbons (Fsp3) is 0.923. The molecule has 0 aromatic heterocycles. The summed E-state index contributed by atoms with van der Waals surface area (Å²) in [6, 6.07) is -0.538. The summed E-state index contributed by atoms with van der Waals surface area (Å²) in [5.74, 6) is -0.0103. The predicted molar refractivity (Wildman–Crippen MR) is 370 cm³/mol. The van der Waals surface area contributed by atoms with Crippen molar-refractivity contribution in [2.24, 2.45) is 0 Å². The van der Waals surface area contributed by atoms with Gasteiger partial charge in [-0.15, -0.1) is 0 Å². The van der Waals surface area contributed by atoms with Gasteiger partial charge >= 0.3 is 5.97 Å². The monoisotopic (exact) mass is 1180 g/mol. The van der Waals surface area contributed by atoms with Crippen molar-refractivity contribution in [2.75, 3.05) is 13.2 Å². The van der Waals surface area contributed by atoms with Gasteiger partial charge < -0.3 is 20.3 Å². The number of rotatable bonds is 73. The Kier molecular flexibility index (Phi) is 72.3. The van der Waals surface area contributed by atoms with E-state index in [9.17, 15) is 19.8 Å². The average Bonchev–Trinajstić information content (AvgIpc) is 3.54. The Labute approximate surface area is 526 Å². The van der Waals surface area contributed by atoms with E-state index in [1.165, 1.54) is 360 Å². The zero-order valence-corrected chi connectivity index (χ0v) is 57.2. The van der Waals surface area contributed by atoms with Crippen LogP contribution in [0.1, 0.15) is 438 Å². The number of carbonyl (C=O) groups is 2. The van der Waals surface area contributed by atoms with E-state index in [-0.39, 0.29) is 18.5 Å². The molecule has 2 atom stereocenters. The fourth-order valence-electron chi connectivity index (χ4n) is 12.3. The quantitative estimate of drug-likeness (QED) is 0.0320. The van der Waals surface area contributed by atoms with Crippen molar-refractivity contribution in [1.29, 1.82) is 0 Å². The minimum atomic E-state index is -0.661. The lowest BCUT2D eigenvalue weighted by molar-refractivity contribution is -0.143. The largest absolute Gasteiger partial charge is 0.466 e. The number of aliphatic hydroxyl groups is 2. The van der Waals surface area contributed by atoms with Crippen molar-refractivity contribution in [3.8, 4) is 0 Å². The lowest BCUT2D eigenvalue weighted by Crippen LogP contribution is -2.45. The third-order valence-electron chi connectivity index (χ3n) is 18.2. The summed E-state index contributed by atoms with van der Waals surface area (Å²) < 4.78 is 5.51. The van der Waals surface area contributed by atoms with E-state index in [0.717, 1.165) is 44.9 Å². The zero-order valence-electron chi connectivity index (χ0n) is 57.2. The van der Waals surface area contributed by atoms with Crippen molar-refractivity contribution in [2.45, 2.75) is 450 Å². The molecule has 3 N–H and O–H groups in total. The van der Waals surface area contributed by atoms with Crippen LogP contribution in [0.25, 0.3) is 0 Å². The molecule has 0 aromatic carbocycles.